The van der Waals surface area contributed by atoms with Crippen molar-refractivity contribution >= 4 is 21.7 Å². The molecule has 0 fully saturated rings. The normalized spacial score (nSPS) is 12.2. The van der Waals surface area contributed by atoms with Gasteiger partial charge >= 0.3 is 0 Å². The second-order valence-corrected chi connectivity index (χ2v) is 10.0. The third-order valence-electron chi connectivity index (χ3n) is 4.38. The molecular weight excluding hydrogens is 418 g/mol. The van der Waals surface area contributed by atoms with Crippen molar-refractivity contribution in [3.05, 3.63) is 0 Å². The number of amidine groups is 2. The largest absolute Gasteiger partial charge is 0.289 e. The van der Waals surface area contributed by atoms with Crippen LogP contribution in [0.2, 0.25) is 0 Å². The Hall–Kier alpha value is -2.57. The third-order valence-corrected chi connectivity index (χ3v) is 6.27. The number of hydrogen-bond donors (Lipinski definition) is 4. The van der Waals surface area contributed by atoms with Crippen LogP contribution in [0.15, 0.2) is 10.2 Å². The van der Waals surface area contributed by atoms with E-state index >= 15 is 0 Å². The molecule has 0 aliphatic carbocycles. The van der Waals surface area contributed by atoms with Gasteiger partial charge in [0, 0.05) is 13.1 Å². The first-order valence-electron chi connectivity index (χ1n) is 10.1. The lowest BCUT2D eigenvalue weighted by Gasteiger charge is -2.21. The van der Waals surface area contributed by atoms with Crippen molar-refractivity contribution in [2.75, 3.05) is 13.1 Å². The predicted octanol–water partition coefficient (Wildman–Crippen LogP) is -1.14. The number of azo groups is 1. The van der Waals surface area contributed by atoms with Crippen molar-refractivity contribution in [1.29, 1.82) is 10.5 Å². The molecule has 0 aromatic rings. The quantitative estimate of drug-likeness (QED) is 0.161. The summed E-state index contributed by atoms with van der Waals surface area (Å²) in [7, 11) is -3.80. The van der Waals surface area contributed by atoms with E-state index in [4.69, 9.17) is 32.8 Å². The Kier molecular flexibility index (Phi) is 13.5. The van der Waals surface area contributed by atoms with Crippen molar-refractivity contribution in [3.63, 3.8) is 0 Å². The van der Waals surface area contributed by atoms with Gasteiger partial charge in [0.25, 0.3) is 11.7 Å². The molecule has 0 bridgehead atoms. The van der Waals surface area contributed by atoms with E-state index in [1.165, 1.54) is 16.4 Å². The summed E-state index contributed by atoms with van der Waals surface area (Å²) in [5.41, 5.74) is 9.49. The number of sulfonamides is 1. The van der Waals surface area contributed by atoms with E-state index in [2.05, 4.69) is 10.2 Å². The van der Waals surface area contributed by atoms with Crippen LogP contribution >= 0.6 is 0 Å². The van der Waals surface area contributed by atoms with Crippen molar-refractivity contribution in [1.82, 2.24) is 4.31 Å². The second kappa shape index (κ2) is 13.7. The molecular formula is C19H39N9O2S+2. The molecule has 0 atom stereocenters. The minimum atomic E-state index is -3.80. The van der Waals surface area contributed by atoms with E-state index in [1.54, 1.807) is 27.7 Å². The molecule has 0 amide bonds. The van der Waals surface area contributed by atoms with Crippen molar-refractivity contribution < 1.29 is 19.2 Å². The van der Waals surface area contributed by atoms with E-state index < -0.39 is 26.4 Å². The lowest BCUT2D eigenvalue weighted by molar-refractivity contribution is -0.124. The van der Waals surface area contributed by atoms with Crippen LogP contribution in [0.3, 0.4) is 0 Å². The van der Waals surface area contributed by atoms with Gasteiger partial charge in [-0.2, -0.15) is 25.1 Å². The molecule has 0 aromatic heterocycles. The van der Waals surface area contributed by atoms with E-state index in [1.807, 2.05) is 13.8 Å². The Morgan fingerprint density at radius 2 is 1.26 bits per heavy atom. The third kappa shape index (κ3) is 10.9. The number of rotatable bonds is 12. The van der Waals surface area contributed by atoms with E-state index in [-0.39, 0.29) is 11.7 Å². The lowest BCUT2D eigenvalue weighted by atomic mass is 10.1. The summed E-state index contributed by atoms with van der Waals surface area (Å²) in [6.45, 7) is 11.7. The standard InChI is InChI=1S/C11H19N3O2S.C8H18N6/c1-3-5-7-14(8-6-4-2)17(15,16)11(9-12)10-13;1-7(2,5(9)10)13-14-8(3,4)6(11)12/h11H,3-8H2,1-2H3;1-4H3,(H3,9,10)(H3,11,12)/p+2. The SMILES string of the molecule is CC(C)(N=NC(C)(C)C(N)=[NH2+])C(N)=[NH2+].CCCCN(CCCC)S(=O)(=O)C(C#N)C#N. The Morgan fingerprint density at radius 3 is 1.48 bits per heavy atom. The van der Waals surface area contributed by atoms with Crippen LogP contribution in [-0.4, -0.2) is 53.8 Å². The molecule has 0 unspecified atom stereocenters. The first-order valence-corrected chi connectivity index (χ1v) is 11.6. The maximum atomic E-state index is 12.0. The van der Waals surface area contributed by atoms with Crippen LogP contribution < -0.4 is 22.3 Å². The zero-order chi connectivity index (χ0) is 24.9. The van der Waals surface area contributed by atoms with E-state index in [0.29, 0.717) is 13.1 Å². The van der Waals surface area contributed by atoms with Gasteiger partial charge in [-0.15, -0.1) is 0 Å². The predicted molar refractivity (Wildman–Crippen MR) is 121 cm³/mol. The number of unbranched alkanes of at least 4 members (excludes halogenated alkanes) is 2. The molecule has 0 saturated carbocycles. The zero-order valence-electron chi connectivity index (χ0n) is 19.6. The molecule has 0 radical (unpaired) electrons. The molecule has 8 N–H and O–H groups in total. The van der Waals surface area contributed by atoms with Gasteiger partial charge in [-0.05, 0) is 40.5 Å². The van der Waals surface area contributed by atoms with Crippen molar-refractivity contribution in [2.45, 2.75) is 83.6 Å². The highest BCUT2D eigenvalue weighted by Crippen LogP contribution is 2.14. The number of nitrogens with two attached hydrogens (primary N) is 4. The Labute approximate surface area is 186 Å². The molecule has 0 aliphatic rings. The molecule has 176 valence electrons. The fourth-order valence-electron chi connectivity index (χ4n) is 1.71. The Balaban J connectivity index is 0. The van der Waals surface area contributed by atoms with Gasteiger partial charge in [-0.25, -0.2) is 8.42 Å². The van der Waals surface area contributed by atoms with Crippen LogP contribution in [0, 0.1) is 22.7 Å². The first kappa shape index (κ1) is 30.6. The number of nitrogens with zero attached hydrogens (tertiary/aromatic N) is 5. The van der Waals surface area contributed by atoms with Crippen molar-refractivity contribution in [2.24, 2.45) is 21.7 Å². The summed E-state index contributed by atoms with van der Waals surface area (Å²) in [5, 5.41) is 34.7. The van der Waals surface area contributed by atoms with Gasteiger partial charge in [-0.1, -0.05) is 26.7 Å². The molecule has 31 heavy (non-hydrogen) atoms. The lowest BCUT2D eigenvalue weighted by Crippen LogP contribution is -2.58. The smallest absolute Gasteiger partial charge is 0.268 e. The highest BCUT2D eigenvalue weighted by Gasteiger charge is 2.32. The summed E-state index contributed by atoms with van der Waals surface area (Å²) < 4.78 is 25.2. The molecule has 0 spiro atoms. The average molecular weight is 458 g/mol. The van der Waals surface area contributed by atoms with Crippen LogP contribution in [0.4, 0.5) is 0 Å². The first-order chi connectivity index (χ1) is 14.1. The molecule has 0 aliphatic heterocycles. The van der Waals surface area contributed by atoms with Gasteiger partial charge in [0.05, 0.1) is 12.1 Å². The minimum absolute atomic E-state index is 0.202. The monoisotopic (exact) mass is 457 g/mol. The van der Waals surface area contributed by atoms with Crippen LogP contribution in [0.1, 0.15) is 67.2 Å². The average Bonchev–Trinajstić information content (AvgIpc) is 2.67. The van der Waals surface area contributed by atoms with E-state index in [0.717, 1.165) is 25.7 Å². The zero-order valence-corrected chi connectivity index (χ0v) is 20.4. The Morgan fingerprint density at radius 1 is 0.935 bits per heavy atom. The Bertz CT molecular complexity index is 755. The maximum Gasteiger partial charge on any atom is 0.268 e. The fraction of sp³-hybridized carbons (Fsp3) is 0.789. The number of hydrogen-bond acceptors (Lipinski definition) is 6. The second-order valence-electron chi connectivity index (χ2n) is 8.02. The molecule has 0 rings (SSSR count). The highest BCUT2D eigenvalue weighted by atomic mass is 32.2. The van der Waals surface area contributed by atoms with Crippen LogP contribution in [-0.2, 0) is 10.0 Å². The summed E-state index contributed by atoms with van der Waals surface area (Å²) in [6, 6.07) is 3.07. The van der Waals surface area contributed by atoms with Gasteiger partial charge in [0.2, 0.25) is 15.3 Å². The van der Waals surface area contributed by atoms with Crippen LogP contribution in [0.5, 0.6) is 0 Å². The molecule has 0 saturated heterocycles. The molecule has 0 heterocycles. The summed E-state index contributed by atoms with van der Waals surface area (Å²) in [5.74, 6) is 0.403. The van der Waals surface area contributed by atoms with Crippen LogP contribution in [0.25, 0.3) is 0 Å². The minimum Gasteiger partial charge on any atom is -0.289 e. The molecule has 12 heteroatoms. The summed E-state index contributed by atoms with van der Waals surface area (Å²) >= 11 is 0. The topological polar surface area (TPSA) is 213 Å². The fourth-order valence-corrected chi connectivity index (χ4v) is 3.04. The highest BCUT2D eigenvalue weighted by molar-refractivity contribution is 7.90. The number of nitriles is 2. The summed E-state index contributed by atoms with van der Waals surface area (Å²) in [6.07, 6.45) is 3.24. The van der Waals surface area contributed by atoms with Crippen molar-refractivity contribution in [3.8, 4) is 12.1 Å². The summed E-state index contributed by atoms with van der Waals surface area (Å²) in [4.78, 5) is 0. The maximum absolute atomic E-state index is 12.0. The van der Waals surface area contributed by atoms with Gasteiger partial charge in [0.1, 0.15) is 0 Å². The van der Waals surface area contributed by atoms with Gasteiger partial charge in [-0.3, -0.25) is 22.3 Å². The molecule has 0 aromatic carbocycles. The van der Waals surface area contributed by atoms with Gasteiger partial charge in [0.15, 0.2) is 11.1 Å². The van der Waals surface area contributed by atoms with Gasteiger partial charge < -0.3 is 0 Å². The van der Waals surface area contributed by atoms with E-state index in [9.17, 15) is 8.42 Å². The molecule has 11 nitrogen and oxygen atoms in total.